The summed E-state index contributed by atoms with van der Waals surface area (Å²) in [5, 5.41) is 1.36. The van der Waals surface area contributed by atoms with E-state index in [0.29, 0.717) is 29.6 Å². The molecule has 0 bridgehead atoms. The molecule has 0 spiro atoms. The number of nitrogens with zero attached hydrogens (tertiary/aromatic N) is 1. The van der Waals surface area contributed by atoms with E-state index in [9.17, 15) is 4.79 Å². The van der Waals surface area contributed by atoms with E-state index < -0.39 is 0 Å². The molecule has 0 saturated heterocycles. The summed E-state index contributed by atoms with van der Waals surface area (Å²) in [6.07, 6.45) is 0.378. The van der Waals surface area contributed by atoms with Crippen LogP contribution in [0.3, 0.4) is 0 Å². The fourth-order valence-electron chi connectivity index (χ4n) is 1.61. The van der Waals surface area contributed by atoms with E-state index in [4.69, 9.17) is 23.2 Å². The first kappa shape index (κ1) is 15.3. The van der Waals surface area contributed by atoms with E-state index in [1.807, 2.05) is 13.0 Å². The van der Waals surface area contributed by atoms with E-state index in [0.717, 1.165) is 12.1 Å². The zero-order chi connectivity index (χ0) is 13.5. The van der Waals surface area contributed by atoms with Crippen molar-refractivity contribution in [2.75, 3.05) is 20.2 Å². The van der Waals surface area contributed by atoms with E-state index >= 15 is 0 Å². The van der Waals surface area contributed by atoms with Crippen LogP contribution in [0.1, 0.15) is 18.9 Å². The molecule has 0 saturated carbocycles. The van der Waals surface area contributed by atoms with Crippen molar-refractivity contribution in [1.29, 1.82) is 0 Å². The van der Waals surface area contributed by atoms with Gasteiger partial charge in [-0.05, 0) is 30.3 Å². The second kappa shape index (κ2) is 7.62. The monoisotopic (exact) mass is 289 g/mol. The van der Waals surface area contributed by atoms with Crippen molar-refractivity contribution < 1.29 is 9.53 Å². The first-order valence-corrected chi connectivity index (χ1v) is 6.55. The Bertz CT molecular complexity index is 410. The molecule has 0 heterocycles. The molecular formula is C13H17Cl2NO2. The number of carbonyl (C=O) groups is 1. The maximum absolute atomic E-state index is 11.1. The van der Waals surface area contributed by atoms with Gasteiger partial charge in [-0.25, -0.2) is 0 Å². The lowest BCUT2D eigenvalue weighted by atomic mass is 10.2. The van der Waals surface area contributed by atoms with Crippen LogP contribution < -0.4 is 0 Å². The number of methoxy groups -OCH3 is 1. The summed E-state index contributed by atoms with van der Waals surface area (Å²) in [6.45, 7) is 4.19. The third-order valence-electron chi connectivity index (χ3n) is 2.71. The Balaban J connectivity index is 2.62. The van der Waals surface area contributed by atoms with Gasteiger partial charge in [-0.15, -0.1) is 0 Å². The molecular weight excluding hydrogens is 273 g/mol. The Labute approximate surface area is 118 Å². The molecule has 1 aromatic rings. The highest BCUT2D eigenvalue weighted by atomic mass is 35.5. The number of carbonyl (C=O) groups excluding carboxylic acids is 1. The van der Waals surface area contributed by atoms with Gasteiger partial charge in [0.1, 0.15) is 0 Å². The van der Waals surface area contributed by atoms with Crippen molar-refractivity contribution in [2.45, 2.75) is 19.9 Å². The Morgan fingerprint density at radius 3 is 2.72 bits per heavy atom. The first-order chi connectivity index (χ1) is 8.56. The molecule has 0 N–H and O–H groups in total. The molecule has 5 heteroatoms. The summed E-state index contributed by atoms with van der Waals surface area (Å²) < 4.78 is 4.63. The first-order valence-electron chi connectivity index (χ1n) is 5.80. The zero-order valence-electron chi connectivity index (χ0n) is 10.6. The maximum atomic E-state index is 11.1. The quantitative estimate of drug-likeness (QED) is 0.752. The van der Waals surface area contributed by atoms with Gasteiger partial charge < -0.3 is 4.74 Å². The van der Waals surface area contributed by atoms with E-state index in [1.165, 1.54) is 7.11 Å². The third-order valence-corrected chi connectivity index (χ3v) is 3.31. The van der Waals surface area contributed by atoms with Crippen LogP contribution in [-0.2, 0) is 16.1 Å². The second-order valence-electron chi connectivity index (χ2n) is 3.93. The van der Waals surface area contributed by atoms with E-state index in [-0.39, 0.29) is 5.97 Å². The summed E-state index contributed by atoms with van der Waals surface area (Å²) in [4.78, 5) is 13.2. The van der Waals surface area contributed by atoms with Crippen LogP contribution in [0, 0.1) is 0 Å². The van der Waals surface area contributed by atoms with Gasteiger partial charge in [0, 0.05) is 23.1 Å². The summed E-state index contributed by atoms with van der Waals surface area (Å²) in [6, 6.07) is 5.40. The highest BCUT2D eigenvalue weighted by Gasteiger charge is 2.10. The normalized spacial score (nSPS) is 10.7. The van der Waals surface area contributed by atoms with Crippen LogP contribution in [0.15, 0.2) is 18.2 Å². The lowest BCUT2D eigenvalue weighted by molar-refractivity contribution is -0.141. The summed E-state index contributed by atoms with van der Waals surface area (Å²) in [5.41, 5.74) is 0.968. The molecule has 0 aliphatic heterocycles. The maximum Gasteiger partial charge on any atom is 0.306 e. The molecule has 1 aromatic carbocycles. The van der Waals surface area contributed by atoms with Crippen LogP contribution in [0.5, 0.6) is 0 Å². The Hall–Kier alpha value is -0.770. The molecule has 0 fully saturated rings. The molecule has 3 nitrogen and oxygen atoms in total. The molecule has 0 radical (unpaired) electrons. The largest absolute Gasteiger partial charge is 0.469 e. The molecule has 0 unspecified atom stereocenters. The SMILES string of the molecule is CCN(CCC(=O)OC)Cc1cc(Cl)ccc1Cl. The van der Waals surface area contributed by atoms with Gasteiger partial charge in [-0.1, -0.05) is 30.1 Å². The molecule has 18 heavy (non-hydrogen) atoms. The van der Waals surface area contributed by atoms with Crippen molar-refractivity contribution in [3.8, 4) is 0 Å². The Morgan fingerprint density at radius 1 is 1.39 bits per heavy atom. The molecule has 0 aromatic heterocycles. The minimum Gasteiger partial charge on any atom is -0.469 e. The van der Waals surface area contributed by atoms with Crippen LogP contribution in [0.25, 0.3) is 0 Å². The van der Waals surface area contributed by atoms with Gasteiger partial charge in [-0.2, -0.15) is 0 Å². The number of halogens is 2. The molecule has 0 aliphatic carbocycles. The number of rotatable bonds is 6. The molecule has 100 valence electrons. The van der Waals surface area contributed by atoms with Crippen LogP contribution in [0.2, 0.25) is 10.0 Å². The summed E-state index contributed by atoms with van der Waals surface area (Å²) >= 11 is 12.1. The van der Waals surface area contributed by atoms with Gasteiger partial charge in [-0.3, -0.25) is 9.69 Å². The van der Waals surface area contributed by atoms with Crippen molar-refractivity contribution in [1.82, 2.24) is 4.90 Å². The minimum absolute atomic E-state index is 0.203. The summed E-state index contributed by atoms with van der Waals surface area (Å²) in [7, 11) is 1.40. The molecule has 0 aliphatic rings. The standard InChI is InChI=1S/C13H17Cl2NO2/c1-3-16(7-6-13(17)18-2)9-10-8-11(14)4-5-12(10)15/h4-5,8H,3,6-7,9H2,1-2H3. The zero-order valence-corrected chi connectivity index (χ0v) is 12.1. The van der Waals surface area contributed by atoms with Gasteiger partial charge in [0.05, 0.1) is 13.5 Å². The Kier molecular flexibility index (Phi) is 6.47. The third kappa shape index (κ3) is 4.84. The average Bonchev–Trinajstić information content (AvgIpc) is 2.37. The predicted molar refractivity (Wildman–Crippen MR) is 74.0 cm³/mol. The van der Waals surface area contributed by atoms with Gasteiger partial charge >= 0.3 is 5.97 Å². The lowest BCUT2D eigenvalue weighted by Crippen LogP contribution is -2.26. The molecule has 1 rings (SSSR count). The number of esters is 1. The summed E-state index contributed by atoms with van der Waals surface area (Å²) in [5.74, 6) is -0.203. The van der Waals surface area contributed by atoms with Crippen molar-refractivity contribution in [3.63, 3.8) is 0 Å². The van der Waals surface area contributed by atoms with Crippen LogP contribution in [0.4, 0.5) is 0 Å². The number of benzene rings is 1. The second-order valence-corrected chi connectivity index (χ2v) is 4.77. The molecule has 0 amide bonds. The van der Waals surface area contributed by atoms with Crippen molar-refractivity contribution in [2.24, 2.45) is 0 Å². The van der Waals surface area contributed by atoms with E-state index in [1.54, 1.807) is 12.1 Å². The van der Waals surface area contributed by atoms with Gasteiger partial charge in [0.15, 0.2) is 0 Å². The van der Waals surface area contributed by atoms with Crippen LogP contribution in [-0.4, -0.2) is 31.1 Å². The van der Waals surface area contributed by atoms with Crippen molar-refractivity contribution in [3.05, 3.63) is 33.8 Å². The average molecular weight is 290 g/mol. The van der Waals surface area contributed by atoms with E-state index in [2.05, 4.69) is 9.64 Å². The topological polar surface area (TPSA) is 29.5 Å². The predicted octanol–water partition coefficient (Wildman–Crippen LogP) is 3.38. The number of hydrogen-bond donors (Lipinski definition) is 0. The lowest BCUT2D eigenvalue weighted by Gasteiger charge is -2.20. The van der Waals surface area contributed by atoms with Gasteiger partial charge in [0.2, 0.25) is 0 Å². The minimum atomic E-state index is -0.203. The highest BCUT2D eigenvalue weighted by Crippen LogP contribution is 2.22. The Morgan fingerprint density at radius 2 is 2.11 bits per heavy atom. The van der Waals surface area contributed by atoms with Crippen LogP contribution >= 0.6 is 23.2 Å². The highest BCUT2D eigenvalue weighted by molar-refractivity contribution is 6.33. The fraction of sp³-hybridized carbons (Fsp3) is 0.462. The molecule has 0 atom stereocenters. The fourth-order valence-corrected chi connectivity index (χ4v) is 1.98. The van der Waals surface area contributed by atoms with Crippen molar-refractivity contribution >= 4 is 29.2 Å². The van der Waals surface area contributed by atoms with Gasteiger partial charge in [0.25, 0.3) is 0 Å². The smallest absolute Gasteiger partial charge is 0.306 e. The number of ether oxygens (including phenoxy) is 1. The number of hydrogen-bond acceptors (Lipinski definition) is 3.